The lowest BCUT2D eigenvalue weighted by Gasteiger charge is -2.26. The molecule has 0 amide bonds. The number of hydrogen-bond donors (Lipinski definition) is 1. The second-order valence-corrected chi connectivity index (χ2v) is 5.75. The average Bonchev–Trinajstić information content (AvgIpc) is 2.33. The van der Waals surface area contributed by atoms with Crippen LogP contribution in [0.5, 0.6) is 5.88 Å². The van der Waals surface area contributed by atoms with Gasteiger partial charge >= 0.3 is 0 Å². The molecule has 0 saturated heterocycles. The summed E-state index contributed by atoms with van der Waals surface area (Å²) in [5.74, 6) is 1.51. The summed E-state index contributed by atoms with van der Waals surface area (Å²) in [7, 11) is 0. The van der Waals surface area contributed by atoms with E-state index < -0.39 is 0 Å². The highest BCUT2D eigenvalue weighted by Crippen LogP contribution is 2.33. The number of rotatable bonds is 2. The maximum atomic E-state index is 5.96. The lowest BCUT2D eigenvalue weighted by molar-refractivity contribution is 0.129. The van der Waals surface area contributed by atoms with Crippen LogP contribution in [0.2, 0.25) is 0 Å². The van der Waals surface area contributed by atoms with Crippen molar-refractivity contribution >= 4 is 21.6 Å². The van der Waals surface area contributed by atoms with Crippen molar-refractivity contribution in [2.75, 3.05) is 5.73 Å². The fraction of sp³-hybridized carbons (Fsp3) is 0.615. The van der Waals surface area contributed by atoms with E-state index in [1.165, 1.54) is 12.8 Å². The lowest BCUT2D eigenvalue weighted by atomic mass is 9.89. The zero-order valence-electron chi connectivity index (χ0n) is 10.4. The fourth-order valence-corrected chi connectivity index (χ4v) is 2.58. The maximum absolute atomic E-state index is 5.96. The highest BCUT2D eigenvalue weighted by atomic mass is 79.9. The minimum atomic E-state index is 0.304. The SMILES string of the molecule is Cc1c(N)cnc(OC2CCC(C)CC2)c1Br. The molecule has 1 fully saturated rings. The molecule has 0 aromatic carbocycles. The van der Waals surface area contributed by atoms with Crippen molar-refractivity contribution in [3.63, 3.8) is 0 Å². The predicted octanol–water partition coefficient (Wildman–Crippen LogP) is 3.69. The second-order valence-electron chi connectivity index (χ2n) is 4.96. The second kappa shape index (κ2) is 5.25. The molecule has 0 atom stereocenters. The van der Waals surface area contributed by atoms with E-state index in [9.17, 15) is 0 Å². The molecule has 94 valence electrons. The third-order valence-corrected chi connectivity index (χ3v) is 4.45. The minimum Gasteiger partial charge on any atom is -0.474 e. The zero-order chi connectivity index (χ0) is 12.4. The van der Waals surface area contributed by atoms with Crippen LogP contribution in [-0.2, 0) is 0 Å². The summed E-state index contributed by atoms with van der Waals surface area (Å²) in [6.07, 6.45) is 6.71. The summed E-state index contributed by atoms with van der Waals surface area (Å²) in [6, 6.07) is 0. The van der Waals surface area contributed by atoms with E-state index in [1.807, 2.05) is 6.92 Å². The molecular weight excluding hydrogens is 280 g/mol. The van der Waals surface area contributed by atoms with Gasteiger partial charge in [-0.3, -0.25) is 0 Å². The number of hydrogen-bond acceptors (Lipinski definition) is 3. The molecule has 4 heteroatoms. The molecule has 2 rings (SSSR count). The standard InChI is InChI=1S/C13H19BrN2O/c1-8-3-5-10(6-4-8)17-13-12(14)9(2)11(15)7-16-13/h7-8,10H,3-6,15H2,1-2H3. The number of aromatic nitrogens is 1. The minimum absolute atomic E-state index is 0.304. The smallest absolute Gasteiger partial charge is 0.228 e. The molecule has 1 saturated carbocycles. The quantitative estimate of drug-likeness (QED) is 0.906. The normalized spacial score (nSPS) is 24.6. The van der Waals surface area contributed by atoms with Gasteiger partial charge in [0.1, 0.15) is 6.10 Å². The predicted molar refractivity (Wildman–Crippen MR) is 73.1 cm³/mol. The first kappa shape index (κ1) is 12.7. The van der Waals surface area contributed by atoms with Crippen LogP contribution in [0.3, 0.4) is 0 Å². The molecule has 0 unspecified atom stereocenters. The van der Waals surface area contributed by atoms with Gasteiger partial charge in [0.2, 0.25) is 5.88 Å². The molecule has 17 heavy (non-hydrogen) atoms. The van der Waals surface area contributed by atoms with Gasteiger partial charge in [-0.15, -0.1) is 0 Å². The summed E-state index contributed by atoms with van der Waals surface area (Å²) in [4.78, 5) is 4.26. The van der Waals surface area contributed by atoms with Gasteiger partial charge in [0.25, 0.3) is 0 Å². The van der Waals surface area contributed by atoms with Gasteiger partial charge < -0.3 is 10.5 Å². The molecule has 1 aliphatic carbocycles. The molecule has 1 heterocycles. The summed E-state index contributed by atoms with van der Waals surface area (Å²) < 4.78 is 6.84. The van der Waals surface area contributed by atoms with Crippen LogP contribution in [0.4, 0.5) is 5.69 Å². The van der Waals surface area contributed by atoms with E-state index in [2.05, 4.69) is 27.8 Å². The summed E-state index contributed by atoms with van der Waals surface area (Å²) in [5.41, 5.74) is 7.49. The summed E-state index contributed by atoms with van der Waals surface area (Å²) >= 11 is 3.50. The first-order chi connectivity index (χ1) is 8.08. The molecule has 1 aromatic rings. The third kappa shape index (κ3) is 2.92. The molecule has 0 radical (unpaired) electrons. The molecule has 3 nitrogen and oxygen atoms in total. The van der Waals surface area contributed by atoms with Crippen molar-refractivity contribution in [1.82, 2.24) is 4.98 Å². The van der Waals surface area contributed by atoms with E-state index in [0.717, 1.165) is 28.8 Å². The van der Waals surface area contributed by atoms with Crippen molar-refractivity contribution in [2.45, 2.75) is 45.6 Å². The van der Waals surface area contributed by atoms with Gasteiger partial charge in [0, 0.05) is 0 Å². The Hall–Kier alpha value is -0.770. The Kier molecular flexibility index (Phi) is 3.92. The number of nitrogens with two attached hydrogens (primary N) is 1. The van der Waals surface area contributed by atoms with Gasteiger partial charge in [-0.25, -0.2) is 4.98 Å². The van der Waals surface area contributed by atoms with Crippen LogP contribution >= 0.6 is 15.9 Å². The van der Waals surface area contributed by atoms with E-state index in [-0.39, 0.29) is 0 Å². The first-order valence-electron chi connectivity index (χ1n) is 6.15. The van der Waals surface area contributed by atoms with E-state index in [4.69, 9.17) is 10.5 Å². The van der Waals surface area contributed by atoms with Crippen LogP contribution in [0.15, 0.2) is 10.7 Å². The van der Waals surface area contributed by atoms with Crippen molar-refractivity contribution in [2.24, 2.45) is 5.92 Å². The number of nitrogens with zero attached hydrogens (tertiary/aromatic N) is 1. The monoisotopic (exact) mass is 298 g/mol. The largest absolute Gasteiger partial charge is 0.474 e. The summed E-state index contributed by atoms with van der Waals surface area (Å²) in [5, 5.41) is 0. The molecule has 1 aliphatic rings. The van der Waals surface area contributed by atoms with Gasteiger partial charge in [0.05, 0.1) is 16.4 Å². The summed E-state index contributed by atoms with van der Waals surface area (Å²) in [6.45, 7) is 4.27. The van der Waals surface area contributed by atoms with Crippen LogP contribution in [0, 0.1) is 12.8 Å². The Morgan fingerprint density at radius 3 is 2.65 bits per heavy atom. The lowest BCUT2D eigenvalue weighted by Crippen LogP contribution is -2.23. The van der Waals surface area contributed by atoms with Crippen molar-refractivity contribution in [1.29, 1.82) is 0 Å². The van der Waals surface area contributed by atoms with Crippen LogP contribution in [-0.4, -0.2) is 11.1 Å². The number of ether oxygens (including phenoxy) is 1. The van der Waals surface area contributed by atoms with Gasteiger partial charge in [-0.2, -0.15) is 0 Å². The highest BCUT2D eigenvalue weighted by Gasteiger charge is 2.21. The van der Waals surface area contributed by atoms with Gasteiger partial charge in [-0.05, 0) is 60.0 Å². The van der Waals surface area contributed by atoms with Crippen LogP contribution < -0.4 is 10.5 Å². The molecule has 1 aromatic heterocycles. The van der Waals surface area contributed by atoms with Crippen LogP contribution in [0.25, 0.3) is 0 Å². The molecule has 0 aliphatic heterocycles. The molecule has 2 N–H and O–H groups in total. The Morgan fingerprint density at radius 2 is 2.00 bits per heavy atom. The Morgan fingerprint density at radius 1 is 1.35 bits per heavy atom. The van der Waals surface area contributed by atoms with Crippen LogP contribution in [0.1, 0.15) is 38.2 Å². The third-order valence-electron chi connectivity index (χ3n) is 3.51. The number of halogens is 1. The van der Waals surface area contributed by atoms with E-state index >= 15 is 0 Å². The topological polar surface area (TPSA) is 48.1 Å². The molecular formula is C13H19BrN2O. The zero-order valence-corrected chi connectivity index (χ0v) is 12.0. The van der Waals surface area contributed by atoms with Gasteiger partial charge in [-0.1, -0.05) is 6.92 Å². The van der Waals surface area contributed by atoms with Crippen molar-refractivity contribution in [3.05, 3.63) is 16.2 Å². The Bertz CT molecular complexity index is 401. The average molecular weight is 299 g/mol. The van der Waals surface area contributed by atoms with Gasteiger partial charge in [0.15, 0.2) is 0 Å². The number of anilines is 1. The highest BCUT2D eigenvalue weighted by molar-refractivity contribution is 9.10. The molecule has 0 spiro atoms. The number of pyridine rings is 1. The number of nitrogen functional groups attached to an aromatic ring is 1. The van der Waals surface area contributed by atoms with Crippen molar-refractivity contribution < 1.29 is 4.74 Å². The Labute approximate surface area is 111 Å². The van der Waals surface area contributed by atoms with E-state index in [0.29, 0.717) is 17.7 Å². The van der Waals surface area contributed by atoms with E-state index in [1.54, 1.807) is 6.20 Å². The molecule has 0 bridgehead atoms. The Balaban J connectivity index is 2.06. The first-order valence-corrected chi connectivity index (χ1v) is 6.94. The fourth-order valence-electron chi connectivity index (χ4n) is 2.16. The maximum Gasteiger partial charge on any atom is 0.228 e. The van der Waals surface area contributed by atoms with Crippen molar-refractivity contribution in [3.8, 4) is 5.88 Å².